The molecule has 1 unspecified atom stereocenters. The number of ether oxygens (including phenoxy) is 4. The second kappa shape index (κ2) is 21.9. The average Bonchev–Trinajstić information content (AvgIpc) is 3.06. The molecule has 240 valence electrons. The van der Waals surface area contributed by atoms with Crippen LogP contribution in [0.5, 0.6) is 11.5 Å². The number of pyridine rings is 1. The van der Waals surface area contributed by atoms with Gasteiger partial charge in [0.1, 0.15) is 19.2 Å². The zero-order valence-electron chi connectivity index (χ0n) is 26.1. The largest absolute Gasteiger partial charge is 0.493 e. The molecule has 1 atom stereocenters. The molecule has 0 spiro atoms. The van der Waals surface area contributed by atoms with Gasteiger partial charge in [-0.2, -0.15) is 0 Å². The predicted octanol–water partition coefficient (Wildman–Crippen LogP) is 5.73. The second-order valence-corrected chi connectivity index (χ2v) is 11.4. The summed E-state index contributed by atoms with van der Waals surface area (Å²) in [5.74, 6) is 3.04. The first-order valence-corrected chi connectivity index (χ1v) is 16.4. The Hall–Kier alpha value is -2.69. The number of aromatic nitrogens is 1. The van der Waals surface area contributed by atoms with Crippen LogP contribution in [0.15, 0.2) is 30.3 Å². The lowest BCUT2D eigenvalue weighted by molar-refractivity contribution is -0.141. The molecule has 1 saturated heterocycles. The quantitative estimate of drug-likeness (QED) is 0.149. The van der Waals surface area contributed by atoms with Gasteiger partial charge in [-0.3, -0.25) is 4.79 Å². The number of carbonyl (C=O) groups is 2. The molecule has 4 rings (SSSR count). The highest BCUT2D eigenvalue weighted by Crippen LogP contribution is 2.36. The number of aryl methyl sites for hydroxylation is 2. The fourth-order valence-electron chi connectivity index (χ4n) is 5.33. The van der Waals surface area contributed by atoms with Gasteiger partial charge in [0.25, 0.3) is 0 Å². The van der Waals surface area contributed by atoms with Crippen molar-refractivity contribution in [3.8, 4) is 11.5 Å². The molecule has 0 aliphatic carbocycles. The fourth-order valence-corrected chi connectivity index (χ4v) is 5.56. The van der Waals surface area contributed by atoms with E-state index in [2.05, 4.69) is 50.6 Å². The van der Waals surface area contributed by atoms with Gasteiger partial charge in [0.2, 0.25) is 0 Å². The SMILES string of the molecule is C=O.CCCc1ccc2c(n1)NCCC2.COC(=O)CC(CC1CCNCC1)c1ccc(OCCOCCBr)c(OC)c1. The number of esters is 1. The lowest BCUT2D eigenvalue weighted by atomic mass is 9.82. The van der Waals surface area contributed by atoms with Gasteiger partial charge in [-0.1, -0.05) is 41.4 Å². The lowest BCUT2D eigenvalue weighted by Crippen LogP contribution is -2.29. The van der Waals surface area contributed by atoms with E-state index in [1.807, 2.05) is 25.0 Å². The van der Waals surface area contributed by atoms with Crippen molar-refractivity contribution in [2.24, 2.45) is 5.92 Å². The van der Waals surface area contributed by atoms with Crippen molar-refractivity contribution in [3.63, 3.8) is 0 Å². The third-order valence-electron chi connectivity index (χ3n) is 7.54. The van der Waals surface area contributed by atoms with Crippen molar-refractivity contribution in [1.82, 2.24) is 10.3 Å². The molecular weight excluding hydrogens is 614 g/mol. The first kappa shape index (κ1) is 36.5. The van der Waals surface area contributed by atoms with E-state index in [1.54, 1.807) is 7.11 Å². The number of methoxy groups -OCH3 is 2. The Bertz CT molecular complexity index is 1070. The van der Waals surface area contributed by atoms with E-state index in [9.17, 15) is 4.79 Å². The number of piperidine rings is 1. The monoisotopic (exact) mass is 663 g/mol. The number of nitrogens with zero attached hydrogens (tertiary/aromatic N) is 1. The maximum Gasteiger partial charge on any atom is 0.306 e. The number of nitrogens with one attached hydrogen (secondary N) is 2. The van der Waals surface area contributed by atoms with Crippen molar-refractivity contribution in [2.75, 3.05) is 64.3 Å². The molecule has 0 bridgehead atoms. The van der Waals surface area contributed by atoms with Gasteiger partial charge >= 0.3 is 5.97 Å². The molecule has 9 nitrogen and oxygen atoms in total. The molecule has 3 heterocycles. The molecule has 1 aromatic carbocycles. The maximum absolute atomic E-state index is 12.0. The second-order valence-electron chi connectivity index (χ2n) is 10.6. The molecule has 0 radical (unpaired) electrons. The summed E-state index contributed by atoms with van der Waals surface area (Å²) < 4.78 is 21.7. The number of carbonyl (C=O) groups excluding carboxylic acids is 2. The molecule has 1 fully saturated rings. The first-order valence-electron chi connectivity index (χ1n) is 15.3. The maximum atomic E-state index is 12.0. The summed E-state index contributed by atoms with van der Waals surface area (Å²) in [7, 11) is 3.08. The number of benzene rings is 1. The Labute approximate surface area is 265 Å². The fraction of sp³-hybridized carbons (Fsp3) is 0.606. The highest BCUT2D eigenvalue weighted by Gasteiger charge is 2.24. The van der Waals surface area contributed by atoms with Crippen LogP contribution >= 0.6 is 15.9 Å². The highest BCUT2D eigenvalue weighted by atomic mass is 79.9. The van der Waals surface area contributed by atoms with E-state index in [1.165, 1.54) is 37.6 Å². The van der Waals surface area contributed by atoms with Gasteiger partial charge in [0.15, 0.2) is 11.5 Å². The van der Waals surface area contributed by atoms with Crippen molar-refractivity contribution in [3.05, 3.63) is 47.2 Å². The summed E-state index contributed by atoms with van der Waals surface area (Å²) in [5.41, 5.74) is 3.69. The Balaban J connectivity index is 0.000000356. The van der Waals surface area contributed by atoms with Gasteiger partial charge in [-0.25, -0.2) is 4.98 Å². The third kappa shape index (κ3) is 13.2. The van der Waals surface area contributed by atoms with Crippen LogP contribution in [0.25, 0.3) is 0 Å². The molecule has 0 amide bonds. The van der Waals surface area contributed by atoms with Crippen LogP contribution in [0.3, 0.4) is 0 Å². The van der Waals surface area contributed by atoms with Crippen molar-refractivity contribution < 1.29 is 28.5 Å². The topological polar surface area (TPSA) is 108 Å². The van der Waals surface area contributed by atoms with Crippen LogP contribution in [0, 0.1) is 5.92 Å². The normalized spacial score (nSPS) is 14.9. The van der Waals surface area contributed by atoms with Gasteiger partial charge in [-0.15, -0.1) is 0 Å². The Morgan fingerprint density at radius 3 is 2.56 bits per heavy atom. The average molecular weight is 665 g/mol. The number of anilines is 1. The number of fused-ring (bicyclic) bond motifs is 1. The Morgan fingerprint density at radius 2 is 1.86 bits per heavy atom. The first-order chi connectivity index (χ1) is 21.1. The predicted molar refractivity (Wildman–Crippen MR) is 175 cm³/mol. The molecule has 10 heteroatoms. The Kier molecular flexibility index (Phi) is 18.6. The minimum Gasteiger partial charge on any atom is -0.493 e. The summed E-state index contributed by atoms with van der Waals surface area (Å²) in [6.45, 7) is 9.00. The standard InChI is InChI=1S/C21H32BrNO5.C11H16N2.CH2O/c1-25-20-14-17(3-4-19(20)28-12-11-27-10-7-22)18(15-21(24)26-2)13-16-5-8-23-9-6-16;1-2-4-10-7-6-9-5-3-8-12-11(9)13-10;1-2/h3-4,14,16,18,23H,5-13,15H2,1-2H3;6-7H,2-5,8H2,1H3,(H,12,13);1H2. The van der Waals surface area contributed by atoms with Crippen LogP contribution in [0.2, 0.25) is 0 Å². The minimum atomic E-state index is -0.179. The van der Waals surface area contributed by atoms with E-state index in [0.29, 0.717) is 43.7 Å². The summed E-state index contributed by atoms with van der Waals surface area (Å²) >= 11 is 3.33. The van der Waals surface area contributed by atoms with Crippen molar-refractivity contribution in [1.29, 1.82) is 0 Å². The highest BCUT2D eigenvalue weighted by molar-refractivity contribution is 9.09. The smallest absolute Gasteiger partial charge is 0.306 e. The van der Waals surface area contributed by atoms with E-state index in [4.69, 9.17) is 23.7 Å². The van der Waals surface area contributed by atoms with Crippen LogP contribution in [-0.2, 0) is 31.9 Å². The van der Waals surface area contributed by atoms with Crippen LogP contribution in [0.1, 0.15) is 68.2 Å². The van der Waals surface area contributed by atoms with Gasteiger partial charge < -0.3 is 34.4 Å². The molecule has 1 aromatic heterocycles. The third-order valence-corrected chi connectivity index (χ3v) is 7.86. The molecular formula is C33H50BrN3O6. The molecule has 2 N–H and O–H groups in total. The minimum absolute atomic E-state index is 0.112. The Morgan fingerprint density at radius 1 is 1.07 bits per heavy atom. The number of halogens is 1. The summed E-state index contributed by atoms with van der Waals surface area (Å²) in [6, 6.07) is 10.3. The molecule has 0 saturated carbocycles. The molecule has 2 aromatic rings. The van der Waals surface area contributed by atoms with Gasteiger partial charge in [0, 0.05) is 17.6 Å². The summed E-state index contributed by atoms with van der Waals surface area (Å²) in [6.07, 6.45) is 8.32. The molecule has 2 aliphatic heterocycles. The van der Waals surface area contributed by atoms with Crippen LogP contribution < -0.4 is 20.1 Å². The van der Waals surface area contributed by atoms with E-state index in [-0.39, 0.29) is 11.9 Å². The van der Waals surface area contributed by atoms with E-state index < -0.39 is 0 Å². The van der Waals surface area contributed by atoms with E-state index in [0.717, 1.165) is 62.0 Å². The zero-order valence-corrected chi connectivity index (χ0v) is 27.7. The van der Waals surface area contributed by atoms with Gasteiger partial charge in [0.05, 0.1) is 33.9 Å². The van der Waals surface area contributed by atoms with Crippen molar-refractivity contribution in [2.45, 2.75) is 64.2 Å². The zero-order chi connectivity index (χ0) is 31.3. The van der Waals surface area contributed by atoms with Crippen molar-refractivity contribution >= 4 is 34.5 Å². The number of rotatable bonds is 14. The lowest BCUT2D eigenvalue weighted by Gasteiger charge is -2.27. The van der Waals surface area contributed by atoms with E-state index >= 15 is 0 Å². The van der Waals surface area contributed by atoms with Crippen LogP contribution in [-0.4, -0.2) is 76.7 Å². The number of hydrogen-bond acceptors (Lipinski definition) is 9. The van der Waals surface area contributed by atoms with Crippen LogP contribution in [0.4, 0.5) is 5.82 Å². The summed E-state index contributed by atoms with van der Waals surface area (Å²) in [5, 5.41) is 7.56. The van der Waals surface area contributed by atoms with Gasteiger partial charge in [-0.05, 0) is 92.8 Å². The molecule has 2 aliphatic rings. The summed E-state index contributed by atoms with van der Waals surface area (Å²) in [4.78, 5) is 24.6. The number of alkyl halides is 1. The molecule has 43 heavy (non-hydrogen) atoms. The number of hydrogen-bond donors (Lipinski definition) is 2.